The highest BCUT2D eigenvalue weighted by Crippen LogP contribution is 2.33. The second-order valence-corrected chi connectivity index (χ2v) is 4.74. The molecule has 1 aromatic rings. The van der Waals surface area contributed by atoms with E-state index in [4.69, 9.17) is 4.74 Å². The molecule has 1 atom stereocenters. The minimum Gasteiger partial charge on any atom is -0.459 e. The van der Waals surface area contributed by atoms with Crippen molar-refractivity contribution in [1.29, 1.82) is 0 Å². The molecule has 0 N–H and O–H groups in total. The lowest BCUT2D eigenvalue weighted by atomic mass is 9.87. The van der Waals surface area contributed by atoms with E-state index >= 15 is 0 Å². The molecule has 0 aromatic heterocycles. The number of esters is 1. The molecule has 1 aromatic carbocycles. The standard InChI is InChI=1S/C15H19NO3/c1-3-19-15(18)14(17)16(2)13-10-6-8-11-7-4-5-9-12(11)13/h4-5,7,9,13H,3,6,8,10H2,1-2H3/t13-/m0/s1. The Morgan fingerprint density at radius 2 is 2.11 bits per heavy atom. The molecule has 0 spiro atoms. The Bertz CT molecular complexity index is 484. The normalized spacial score (nSPS) is 17.5. The van der Waals surface area contributed by atoms with E-state index in [2.05, 4.69) is 6.07 Å². The SMILES string of the molecule is CCOC(=O)C(=O)N(C)[C@H]1CCCc2ccccc21. The summed E-state index contributed by atoms with van der Waals surface area (Å²) < 4.78 is 4.77. The van der Waals surface area contributed by atoms with E-state index in [0.717, 1.165) is 24.8 Å². The molecule has 0 saturated heterocycles. The van der Waals surface area contributed by atoms with Crippen LogP contribution in [0.5, 0.6) is 0 Å². The van der Waals surface area contributed by atoms with Gasteiger partial charge >= 0.3 is 11.9 Å². The summed E-state index contributed by atoms with van der Waals surface area (Å²) in [5.41, 5.74) is 2.41. The van der Waals surface area contributed by atoms with Crippen LogP contribution in [-0.4, -0.2) is 30.4 Å². The Morgan fingerprint density at radius 3 is 2.84 bits per heavy atom. The van der Waals surface area contributed by atoms with Gasteiger partial charge in [0.15, 0.2) is 0 Å². The van der Waals surface area contributed by atoms with Crippen molar-refractivity contribution in [1.82, 2.24) is 4.90 Å². The van der Waals surface area contributed by atoms with Crippen LogP contribution in [0.3, 0.4) is 0 Å². The van der Waals surface area contributed by atoms with Crippen LogP contribution in [0.25, 0.3) is 0 Å². The number of rotatable bonds is 2. The Labute approximate surface area is 113 Å². The van der Waals surface area contributed by atoms with Crippen molar-refractivity contribution in [2.45, 2.75) is 32.2 Å². The molecule has 4 nitrogen and oxygen atoms in total. The molecule has 4 heteroatoms. The van der Waals surface area contributed by atoms with Crippen molar-refractivity contribution >= 4 is 11.9 Å². The molecule has 2 rings (SSSR count). The van der Waals surface area contributed by atoms with Crippen LogP contribution >= 0.6 is 0 Å². The summed E-state index contributed by atoms with van der Waals surface area (Å²) in [5, 5.41) is 0. The van der Waals surface area contributed by atoms with E-state index in [0.29, 0.717) is 0 Å². The zero-order valence-electron chi connectivity index (χ0n) is 11.4. The first kappa shape index (κ1) is 13.6. The number of fused-ring (bicyclic) bond motifs is 1. The lowest BCUT2D eigenvalue weighted by molar-refractivity contribution is -0.160. The minimum absolute atomic E-state index is 0.0261. The van der Waals surface area contributed by atoms with Crippen LogP contribution in [0.1, 0.15) is 36.9 Å². The quantitative estimate of drug-likeness (QED) is 0.605. The van der Waals surface area contributed by atoms with Crippen molar-refractivity contribution in [3.63, 3.8) is 0 Å². The summed E-state index contributed by atoms with van der Waals surface area (Å²) >= 11 is 0. The van der Waals surface area contributed by atoms with Gasteiger partial charge in [0.25, 0.3) is 0 Å². The van der Waals surface area contributed by atoms with Gasteiger partial charge in [-0.15, -0.1) is 0 Å². The van der Waals surface area contributed by atoms with E-state index < -0.39 is 11.9 Å². The third-order valence-electron chi connectivity index (χ3n) is 3.58. The zero-order chi connectivity index (χ0) is 13.8. The number of benzene rings is 1. The highest BCUT2D eigenvalue weighted by molar-refractivity contribution is 6.32. The molecule has 0 bridgehead atoms. The van der Waals surface area contributed by atoms with Crippen LogP contribution in [-0.2, 0) is 20.7 Å². The van der Waals surface area contributed by atoms with Crippen LogP contribution < -0.4 is 0 Å². The molecule has 19 heavy (non-hydrogen) atoms. The van der Waals surface area contributed by atoms with Crippen molar-refractivity contribution in [3.05, 3.63) is 35.4 Å². The predicted octanol–water partition coefficient (Wildman–Crippen LogP) is 2.09. The number of carbonyl (C=O) groups is 2. The third-order valence-corrected chi connectivity index (χ3v) is 3.58. The Balaban J connectivity index is 2.19. The van der Waals surface area contributed by atoms with Gasteiger partial charge in [0.1, 0.15) is 0 Å². The Morgan fingerprint density at radius 1 is 1.37 bits per heavy atom. The van der Waals surface area contributed by atoms with E-state index in [9.17, 15) is 9.59 Å². The molecule has 0 aliphatic heterocycles. The monoisotopic (exact) mass is 261 g/mol. The summed E-state index contributed by atoms with van der Waals surface area (Å²) in [7, 11) is 1.67. The number of carbonyl (C=O) groups excluding carboxylic acids is 2. The fraction of sp³-hybridized carbons (Fsp3) is 0.467. The van der Waals surface area contributed by atoms with Crippen molar-refractivity contribution in [3.8, 4) is 0 Å². The predicted molar refractivity (Wildman–Crippen MR) is 71.5 cm³/mol. The average molecular weight is 261 g/mol. The van der Waals surface area contributed by atoms with Gasteiger partial charge in [0.2, 0.25) is 0 Å². The first-order valence-corrected chi connectivity index (χ1v) is 6.67. The van der Waals surface area contributed by atoms with Crippen LogP contribution in [0, 0.1) is 0 Å². The summed E-state index contributed by atoms with van der Waals surface area (Å²) in [4.78, 5) is 25.0. The topological polar surface area (TPSA) is 46.6 Å². The number of hydrogen-bond acceptors (Lipinski definition) is 3. The molecular formula is C15H19NO3. The number of ether oxygens (including phenoxy) is 1. The molecule has 0 heterocycles. The summed E-state index contributed by atoms with van der Waals surface area (Å²) in [6.45, 7) is 1.92. The fourth-order valence-electron chi connectivity index (χ4n) is 2.61. The van der Waals surface area contributed by atoms with Gasteiger partial charge in [-0.25, -0.2) is 4.79 Å². The lowest BCUT2D eigenvalue weighted by Crippen LogP contribution is -2.38. The number of hydrogen-bond donors (Lipinski definition) is 0. The van der Waals surface area contributed by atoms with Gasteiger partial charge < -0.3 is 9.64 Å². The molecule has 0 fully saturated rings. The maximum atomic E-state index is 12.0. The summed E-state index contributed by atoms with van der Waals surface area (Å²) in [5.74, 6) is -1.34. The molecule has 102 valence electrons. The number of amides is 1. The van der Waals surface area contributed by atoms with Gasteiger partial charge in [-0.2, -0.15) is 0 Å². The van der Waals surface area contributed by atoms with Crippen molar-refractivity contribution in [2.75, 3.05) is 13.7 Å². The number of likely N-dealkylation sites (N-methyl/N-ethyl adjacent to an activating group) is 1. The minimum atomic E-state index is -0.770. The average Bonchev–Trinajstić information content (AvgIpc) is 2.45. The van der Waals surface area contributed by atoms with Gasteiger partial charge in [0.05, 0.1) is 12.6 Å². The highest BCUT2D eigenvalue weighted by Gasteiger charge is 2.30. The number of nitrogens with zero attached hydrogens (tertiary/aromatic N) is 1. The lowest BCUT2D eigenvalue weighted by Gasteiger charge is -2.32. The second kappa shape index (κ2) is 5.87. The van der Waals surface area contributed by atoms with E-state index in [-0.39, 0.29) is 12.6 Å². The van der Waals surface area contributed by atoms with Crippen molar-refractivity contribution in [2.24, 2.45) is 0 Å². The zero-order valence-corrected chi connectivity index (χ0v) is 11.4. The first-order chi connectivity index (χ1) is 9.15. The van der Waals surface area contributed by atoms with Gasteiger partial charge in [-0.05, 0) is 37.3 Å². The summed E-state index contributed by atoms with van der Waals surface area (Å²) in [6, 6.07) is 8.08. The number of aryl methyl sites for hydroxylation is 1. The maximum Gasteiger partial charge on any atom is 0.397 e. The maximum absolute atomic E-state index is 12.0. The van der Waals surface area contributed by atoms with E-state index in [1.54, 1.807) is 14.0 Å². The molecule has 0 unspecified atom stereocenters. The molecular weight excluding hydrogens is 242 g/mol. The highest BCUT2D eigenvalue weighted by atomic mass is 16.5. The smallest absolute Gasteiger partial charge is 0.397 e. The summed E-state index contributed by atoms with van der Waals surface area (Å²) in [6.07, 6.45) is 2.95. The molecule has 0 radical (unpaired) electrons. The van der Waals surface area contributed by atoms with Gasteiger partial charge in [-0.3, -0.25) is 4.79 Å². The second-order valence-electron chi connectivity index (χ2n) is 4.74. The largest absolute Gasteiger partial charge is 0.459 e. The van der Waals surface area contributed by atoms with Crippen LogP contribution in [0.2, 0.25) is 0 Å². The van der Waals surface area contributed by atoms with Gasteiger partial charge in [-0.1, -0.05) is 24.3 Å². The Hall–Kier alpha value is -1.84. The van der Waals surface area contributed by atoms with Crippen LogP contribution in [0.4, 0.5) is 0 Å². The molecule has 1 aliphatic carbocycles. The Kier molecular flexibility index (Phi) is 4.20. The molecule has 1 amide bonds. The van der Waals surface area contributed by atoms with E-state index in [1.165, 1.54) is 10.5 Å². The third kappa shape index (κ3) is 2.78. The van der Waals surface area contributed by atoms with Crippen LogP contribution in [0.15, 0.2) is 24.3 Å². The molecule has 0 saturated carbocycles. The fourth-order valence-corrected chi connectivity index (χ4v) is 2.61. The molecule has 1 aliphatic rings. The van der Waals surface area contributed by atoms with Gasteiger partial charge in [0, 0.05) is 7.05 Å². The van der Waals surface area contributed by atoms with E-state index in [1.807, 2.05) is 18.2 Å². The van der Waals surface area contributed by atoms with Crippen molar-refractivity contribution < 1.29 is 14.3 Å². The first-order valence-electron chi connectivity index (χ1n) is 6.67.